The van der Waals surface area contributed by atoms with Gasteiger partial charge >= 0.3 is 5.97 Å². The summed E-state index contributed by atoms with van der Waals surface area (Å²) in [7, 11) is -3.20. The van der Waals surface area contributed by atoms with E-state index in [4.69, 9.17) is 0 Å². The van der Waals surface area contributed by atoms with Crippen molar-refractivity contribution in [1.82, 2.24) is 4.72 Å². The molecular formula is C13H23NO4S. The summed E-state index contributed by atoms with van der Waals surface area (Å²) in [6.45, 7) is 5.80. The van der Waals surface area contributed by atoms with Crippen LogP contribution in [0.4, 0.5) is 0 Å². The largest absolute Gasteiger partial charge is 0.481 e. The van der Waals surface area contributed by atoms with E-state index in [1.54, 1.807) is 0 Å². The van der Waals surface area contributed by atoms with Gasteiger partial charge in [-0.2, -0.15) is 0 Å². The summed E-state index contributed by atoms with van der Waals surface area (Å²) < 4.78 is 26.8. The number of carboxylic acids is 1. The van der Waals surface area contributed by atoms with Gasteiger partial charge in [0.2, 0.25) is 10.0 Å². The van der Waals surface area contributed by atoms with Crippen molar-refractivity contribution in [2.24, 2.45) is 17.3 Å². The van der Waals surface area contributed by atoms with Crippen molar-refractivity contribution in [1.29, 1.82) is 0 Å². The highest BCUT2D eigenvalue weighted by molar-refractivity contribution is 7.90. The first-order valence-electron chi connectivity index (χ1n) is 6.90. The lowest BCUT2D eigenvalue weighted by atomic mass is 9.61. The molecule has 0 spiro atoms. The molecule has 2 N–H and O–H groups in total. The number of rotatable bonds is 4. The highest BCUT2D eigenvalue weighted by Crippen LogP contribution is 2.45. The van der Waals surface area contributed by atoms with Crippen molar-refractivity contribution in [2.45, 2.75) is 57.7 Å². The maximum Gasteiger partial charge on any atom is 0.307 e. The van der Waals surface area contributed by atoms with Gasteiger partial charge in [-0.3, -0.25) is 4.79 Å². The smallest absolute Gasteiger partial charge is 0.307 e. The van der Waals surface area contributed by atoms with E-state index in [0.717, 1.165) is 12.8 Å². The SMILES string of the molecule is CC1C(NS(=O)(=O)C2CC2)CCC(C(=O)O)C1(C)C. The van der Waals surface area contributed by atoms with Crippen molar-refractivity contribution in [3.63, 3.8) is 0 Å². The third-order valence-electron chi connectivity index (χ3n) is 5.02. The van der Waals surface area contributed by atoms with Crippen LogP contribution in [0, 0.1) is 17.3 Å². The van der Waals surface area contributed by atoms with Crippen LogP contribution in [-0.4, -0.2) is 30.8 Å². The lowest BCUT2D eigenvalue weighted by molar-refractivity contribution is -0.150. The fourth-order valence-electron chi connectivity index (χ4n) is 3.09. The number of carboxylic acid groups (broad SMARTS) is 1. The van der Waals surface area contributed by atoms with Crippen molar-refractivity contribution in [2.75, 3.05) is 0 Å². The molecule has 0 aromatic rings. The third-order valence-corrected chi connectivity index (χ3v) is 7.00. The minimum atomic E-state index is -3.20. The molecule has 2 rings (SSSR count). The summed E-state index contributed by atoms with van der Waals surface area (Å²) >= 11 is 0. The molecule has 0 aromatic carbocycles. The molecule has 0 aliphatic heterocycles. The van der Waals surface area contributed by atoms with E-state index in [0.29, 0.717) is 12.8 Å². The molecule has 2 aliphatic rings. The van der Waals surface area contributed by atoms with E-state index in [9.17, 15) is 18.3 Å². The summed E-state index contributed by atoms with van der Waals surface area (Å²) in [5.41, 5.74) is -0.402. The zero-order valence-corrected chi connectivity index (χ0v) is 12.5. The number of aliphatic carboxylic acids is 1. The van der Waals surface area contributed by atoms with Crippen molar-refractivity contribution >= 4 is 16.0 Å². The molecule has 0 radical (unpaired) electrons. The van der Waals surface area contributed by atoms with Crippen LogP contribution < -0.4 is 4.72 Å². The van der Waals surface area contributed by atoms with Gasteiger partial charge in [0.25, 0.3) is 0 Å². The summed E-state index contributed by atoms with van der Waals surface area (Å²) in [5, 5.41) is 9.05. The average molecular weight is 289 g/mol. The predicted molar refractivity (Wildman–Crippen MR) is 72.2 cm³/mol. The maximum absolute atomic E-state index is 12.0. The Bertz CT molecular complexity index is 467. The van der Waals surface area contributed by atoms with Crippen LogP contribution in [0.1, 0.15) is 46.5 Å². The first-order chi connectivity index (χ1) is 8.66. The highest BCUT2D eigenvalue weighted by atomic mass is 32.2. The highest BCUT2D eigenvalue weighted by Gasteiger charge is 2.48. The lowest BCUT2D eigenvalue weighted by Gasteiger charge is -2.46. The van der Waals surface area contributed by atoms with E-state index in [-0.39, 0.29) is 17.2 Å². The van der Waals surface area contributed by atoms with Crippen molar-refractivity contribution in [3.05, 3.63) is 0 Å². The Balaban J connectivity index is 2.11. The summed E-state index contributed by atoms with van der Waals surface area (Å²) in [4.78, 5) is 11.3. The van der Waals surface area contributed by atoms with Crippen LogP contribution in [0.3, 0.4) is 0 Å². The van der Waals surface area contributed by atoms with Gasteiger partial charge in [0.1, 0.15) is 0 Å². The van der Waals surface area contributed by atoms with E-state index in [1.807, 2.05) is 20.8 Å². The number of hydrogen-bond acceptors (Lipinski definition) is 3. The van der Waals surface area contributed by atoms with Crippen LogP contribution >= 0.6 is 0 Å². The zero-order chi connectivity index (χ0) is 14.4. The molecule has 0 saturated heterocycles. The molecule has 3 atom stereocenters. The Hall–Kier alpha value is -0.620. The topological polar surface area (TPSA) is 83.5 Å². The Morgan fingerprint density at radius 3 is 2.26 bits per heavy atom. The third kappa shape index (κ3) is 2.79. The van der Waals surface area contributed by atoms with E-state index in [2.05, 4.69) is 4.72 Å². The van der Waals surface area contributed by atoms with Gasteiger partial charge in [0, 0.05) is 6.04 Å². The molecule has 2 saturated carbocycles. The van der Waals surface area contributed by atoms with E-state index >= 15 is 0 Å². The average Bonchev–Trinajstić information content (AvgIpc) is 3.07. The Labute approximate surface area is 114 Å². The molecular weight excluding hydrogens is 266 g/mol. The van der Waals surface area contributed by atoms with E-state index in [1.165, 1.54) is 0 Å². The summed E-state index contributed by atoms with van der Waals surface area (Å²) in [6.07, 6.45) is 2.63. The lowest BCUT2D eigenvalue weighted by Crippen LogP contribution is -2.52. The fraction of sp³-hybridized carbons (Fsp3) is 0.923. The van der Waals surface area contributed by atoms with Crippen LogP contribution in [0.5, 0.6) is 0 Å². The molecule has 19 heavy (non-hydrogen) atoms. The second-order valence-corrected chi connectivity index (χ2v) is 8.54. The summed E-state index contributed by atoms with van der Waals surface area (Å²) in [6, 6.07) is -0.142. The minimum Gasteiger partial charge on any atom is -0.481 e. The molecule has 5 nitrogen and oxygen atoms in total. The molecule has 2 fully saturated rings. The maximum atomic E-state index is 12.0. The second kappa shape index (κ2) is 4.74. The van der Waals surface area contributed by atoms with Gasteiger partial charge < -0.3 is 5.11 Å². The zero-order valence-electron chi connectivity index (χ0n) is 11.7. The molecule has 110 valence electrons. The Kier molecular flexibility index (Phi) is 3.68. The van der Waals surface area contributed by atoms with Gasteiger partial charge in [-0.1, -0.05) is 20.8 Å². The number of carbonyl (C=O) groups is 1. The molecule has 0 heterocycles. The van der Waals surface area contributed by atoms with Crippen LogP contribution in [0.15, 0.2) is 0 Å². The number of nitrogens with one attached hydrogen (secondary N) is 1. The van der Waals surface area contributed by atoms with E-state index < -0.39 is 27.3 Å². The molecule has 0 amide bonds. The normalized spacial score (nSPS) is 35.0. The minimum absolute atomic E-state index is 0.0101. The molecule has 0 aromatic heterocycles. The second-order valence-electron chi connectivity index (χ2n) is 6.55. The summed E-state index contributed by atoms with van der Waals surface area (Å²) in [5.74, 6) is -1.17. The Morgan fingerprint density at radius 2 is 1.79 bits per heavy atom. The van der Waals surface area contributed by atoms with Gasteiger partial charge in [-0.25, -0.2) is 13.1 Å². The van der Waals surface area contributed by atoms with Crippen LogP contribution in [0.2, 0.25) is 0 Å². The first-order valence-corrected chi connectivity index (χ1v) is 8.45. The van der Waals surface area contributed by atoms with Gasteiger partial charge in [-0.05, 0) is 37.0 Å². The van der Waals surface area contributed by atoms with Crippen LogP contribution in [0.25, 0.3) is 0 Å². The van der Waals surface area contributed by atoms with Gasteiger partial charge in [0.15, 0.2) is 0 Å². The first kappa shape index (κ1) is 14.8. The Morgan fingerprint density at radius 1 is 1.21 bits per heavy atom. The number of hydrogen-bond donors (Lipinski definition) is 2. The van der Waals surface area contributed by atoms with Gasteiger partial charge in [-0.15, -0.1) is 0 Å². The number of sulfonamides is 1. The molecule has 6 heteroatoms. The molecule has 2 aliphatic carbocycles. The van der Waals surface area contributed by atoms with Crippen molar-refractivity contribution in [3.8, 4) is 0 Å². The molecule has 3 unspecified atom stereocenters. The molecule has 0 bridgehead atoms. The predicted octanol–water partition coefficient (Wildman–Crippen LogP) is 1.59. The quantitative estimate of drug-likeness (QED) is 0.823. The van der Waals surface area contributed by atoms with Gasteiger partial charge in [0.05, 0.1) is 11.2 Å². The van der Waals surface area contributed by atoms with Crippen LogP contribution in [-0.2, 0) is 14.8 Å². The standard InChI is InChI=1S/C13H23NO4S/c1-8-11(14-19(17,18)9-4-5-9)7-6-10(12(15)16)13(8,2)3/h8-11,14H,4-7H2,1-3H3,(H,15,16). The monoisotopic (exact) mass is 289 g/mol. The van der Waals surface area contributed by atoms with Crippen molar-refractivity contribution < 1.29 is 18.3 Å². The fourth-order valence-corrected chi connectivity index (χ4v) is 4.79.